The molecule has 0 radical (unpaired) electrons. The minimum absolute atomic E-state index is 0.0462. The molecule has 1 aromatic heterocycles. The number of sulfone groups is 1. The van der Waals surface area contributed by atoms with E-state index in [-0.39, 0.29) is 46.5 Å². The number of benzene rings is 1. The van der Waals surface area contributed by atoms with Gasteiger partial charge in [0.15, 0.2) is 9.84 Å². The maximum atomic E-state index is 13.2. The zero-order valence-electron chi connectivity index (χ0n) is 23.9. The van der Waals surface area contributed by atoms with Crippen LogP contribution >= 0.6 is 11.3 Å². The van der Waals surface area contributed by atoms with Gasteiger partial charge in [0, 0.05) is 36.9 Å². The molecule has 1 fully saturated rings. The summed E-state index contributed by atoms with van der Waals surface area (Å²) in [7, 11) is 2.31. The maximum Gasteiger partial charge on any atom is 0.225 e. The second-order valence-corrected chi connectivity index (χ2v) is 15.5. The van der Waals surface area contributed by atoms with Crippen molar-refractivity contribution in [2.45, 2.75) is 63.6 Å². The molecular formula is C29H42FN3O4S2. The third-order valence-corrected chi connectivity index (χ3v) is 11.6. The predicted octanol–water partition coefficient (Wildman–Crippen LogP) is 4.11. The van der Waals surface area contributed by atoms with Crippen LogP contribution in [0.15, 0.2) is 24.3 Å². The third kappa shape index (κ3) is 6.55. The lowest BCUT2D eigenvalue weighted by Gasteiger charge is -2.53. The number of nitrogens with zero attached hydrogens (tertiary/aromatic N) is 3. The Labute approximate surface area is 236 Å². The summed E-state index contributed by atoms with van der Waals surface area (Å²) in [6.45, 7) is 7.67. The zero-order chi connectivity index (χ0) is 28.7. The largest absolute Gasteiger partial charge is 0.392 e. The van der Waals surface area contributed by atoms with Crippen LogP contribution in [0.5, 0.6) is 0 Å². The van der Waals surface area contributed by atoms with Crippen molar-refractivity contribution in [2.75, 3.05) is 34.2 Å². The SMILES string of the molecule is CC(C(=O)N(C)CCN(C)C)C1CCC2(C)Cc3sc(CS(=O)(=O)Cc4ccc(F)cc4)nc3C(C)C2C1O. The normalized spacial score (nSPS) is 27.6. The number of fused-ring (bicyclic) bond motifs is 2. The Balaban J connectivity index is 1.49. The number of aliphatic hydroxyl groups is 1. The Kier molecular flexibility index (Phi) is 8.91. The number of rotatable bonds is 9. The average Bonchev–Trinajstić information content (AvgIpc) is 3.24. The lowest BCUT2D eigenvalue weighted by molar-refractivity contribution is -0.143. The molecule has 2 aliphatic rings. The van der Waals surface area contributed by atoms with Crippen molar-refractivity contribution in [2.24, 2.45) is 23.2 Å². The van der Waals surface area contributed by atoms with Crippen molar-refractivity contribution < 1.29 is 22.7 Å². The van der Waals surface area contributed by atoms with Crippen molar-refractivity contribution >= 4 is 27.1 Å². The Morgan fingerprint density at radius 2 is 1.87 bits per heavy atom. The van der Waals surface area contributed by atoms with Gasteiger partial charge in [-0.05, 0) is 68.3 Å². The molecule has 0 aliphatic heterocycles. The minimum Gasteiger partial charge on any atom is -0.392 e. The Morgan fingerprint density at radius 1 is 1.21 bits per heavy atom. The Bertz CT molecular complexity index is 1280. The van der Waals surface area contributed by atoms with Gasteiger partial charge < -0.3 is 14.9 Å². The molecule has 2 aromatic rings. The van der Waals surface area contributed by atoms with Gasteiger partial charge in [0.25, 0.3) is 0 Å². The summed E-state index contributed by atoms with van der Waals surface area (Å²) in [6.07, 6.45) is 1.79. The fraction of sp³-hybridized carbons (Fsp3) is 0.655. The molecule has 1 N–H and O–H groups in total. The van der Waals surface area contributed by atoms with Gasteiger partial charge in [-0.1, -0.05) is 32.9 Å². The van der Waals surface area contributed by atoms with Crippen molar-refractivity contribution in [3.8, 4) is 0 Å². The highest BCUT2D eigenvalue weighted by atomic mass is 32.2. The summed E-state index contributed by atoms with van der Waals surface area (Å²) in [5.74, 6) is -1.17. The van der Waals surface area contributed by atoms with Crippen LogP contribution in [0.2, 0.25) is 0 Å². The molecule has 6 atom stereocenters. The van der Waals surface area contributed by atoms with Crippen LogP contribution in [0, 0.1) is 29.0 Å². The molecular weight excluding hydrogens is 537 g/mol. The molecule has 1 aromatic carbocycles. The summed E-state index contributed by atoms with van der Waals surface area (Å²) < 4.78 is 39.1. The number of hydrogen-bond donors (Lipinski definition) is 1. The third-order valence-electron chi connectivity index (χ3n) is 8.90. The lowest BCUT2D eigenvalue weighted by Crippen LogP contribution is -2.53. The van der Waals surface area contributed by atoms with Gasteiger partial charge in [0.05, 0.1) is 17.6 Å². The molecule has 10 heteroatoms. The second-order valence-electron chi connectivity index (χ2n) is 12.3. The smallest absolute Gasteiger partial charge is 0.225 e. The van der Waals surface area contributed by atoms with Gasteiger partial charge in [0.1, 0.15) is 16.6 Å². The monoisotopic (exact) mass is 579 g/mol. The fourth-order valence-corrected chi connectivity index (χ4v) is 9.91. The quantitative estimate of drug-likeness (QED) is 0.481. The average molecular weight is 580 g/mol. The van der Waals surface area contributed by atoms with Gasteiger partial charge in [-0.25, -0.2) is 17.8 Å². The van der Waals surface area contributed by atoms with Crippen LogP contribution in [0.4, 0.5) is 4.39 Å². The van der Waals surface area contributed by atoms with Gasteiger partial charge >= 0.3 is 0 Å². The van der Waals surface area contributed by atoms with Gasteiger partial charge in [-0.15, -0.1) is 11.3 Å². The highest BCUT2D eigenvalue weighted by molar-refractivity contribution is 7.90. The van der Waals surface area contributed by atoms with Crippen molar-refractivity contribution in [3.05, 3.63) is 51.2 Å². The second kappa shape index (κ2) is 11.5. The molecule has 7 nitrogen and oxygen atoms in total. The first-order valence-electron chi connectivity index (χ1n) is 13.7. The first kappa shape index (κ1) is 30.1. The first-order chi connectivity index (χ1) is 18.2. The van der Waals surface area contributed by atoms with E-state index in [1.165, 1.54) is 35.6 Å². The van der Waals surface area contributed by atoms with Crippen LogP contribution in [-0.2, 0) is 32.6 Å². The van der Waals surface area contributed by atoms with Gasteiger partial charge in [-0.2, -0.15) is 0 Å². The topological polar surface area (TPSA) is 90.8 Å². The number of aromatic nitrogens is 1. The summed E-state index contributed by atoms with van der Waals surface area (Å²) in [5.41, 5.74) is 1.30. The van der Waals surface area contributed by atoms with Crippen LogP contribution in [0.1, 0.15) is 60.7 Å². The lowest BCUT2D eigenvalue weighted by atomic mass is 9.53. The first-order valence-corrected chi connectivity index (χ1v) is 16.4. The van der Waals surface area contributed by atoms with E-state index in [9.17, 15) is 22.7 Å². The predicted molar refractivity (Wildman–Crippen MR) is 153 cm³/mol. The van der Waals surface area contributed by atoms with Crippen molar-refractivity contribution in [3.63, 3.8) is 0 Å². The van der Waals surface area contributed by atoms with Crippen molar-refractivity contribution in [1.82, 2.24) is 14.8 Å². The van der Waals surface area contributed by atoms with E-state index in [0.29, 0.717) is 17.1 Å². The van der Waals surface area contributed by atoms with Crippen LogP contribution in [0.3, 0.4) is 0 Å². The summed E-state index contributed by atoms with van der Waals surface area (Å²) in [4.78, 5) is 22.9. The molecule has 216 valence electrons. The van der Waals surface area contributed by atoms with E-state index in [1.54, 1.807) is 4.90 Å². The van der Waals surface area contributed by atoms with Crippen LogP contribution in [0.25, 0.3) is 0 Å². The number of hydrogen-bond acceptors (Lipinski definition) is 7. The number of carbonyl (C=O) groups is 1. The van der Waals surface area contributed by atoms with Crippen molar-refractivity contribution in [1.29, 1.82) is 0 Å². The highest BCUT2D eigenvalue weighted by Crippen LogP contribution is 2.57. The fourth-order valence-electron chi connectivity index (χ4n) is 6.72. The standard InChI is InChI=1S/C29H42FN3O4S2/c1-18(28(35)33(6)14-13-32(4)5)22-11-12-29(3)15-23-26(19(2)25(29)27(22)34)31-24(38-23)17-39(36,37)16-20-7-9-21(30)10-8-20/h7-10,18-19,22,25,27,34H,11-17H2,1-6H3. The molecule has 6 unspecified atom stereocenters. The number of likely N-dealkylation sites (N-methyl/N-ethyl adjacent to an activating group) is 2. The summed E-state index contributed by atoms with van der Waals surface area (Å²) in [6, 6.07) is 5.53. The Morgan fingerprint density at radius 3 is 2.51 bits per heavy atom. The van der Waals surface area contributed by atoms with E-state index >= 15 is 0 Å². The molecule has 4 rings (SSSR count). The summed E-state index contributed by atoms with van der Waals surface area (Å²) >= 11 is 1.46. The number of aliphatic hydroxyl groups excluding tert-OH is 1. The summed E-state index contributed by atoms with van der Waals surface area (Å²) in [5, 5.41) is 12.3. The maximum absolute atomic E-state index is 13.2. The van der Waals surface area contributed by atoms with E-state index in [2.05, 4.69) is 13.8 Å². The molecule has 0 bridgehead atoms. The molecule has 1 saturated carbocycles. The van der Waals surface area contributed by atoms with Crippen LogP contribution < -0.4 is 0 Å². The number of thiazole rings is 1. The van der Waals surface area contributed by atoms with E-state index in [1.807, 2.05) is 33.0 Å². The molecule has 1 amide bonds. The minimum atomic E-state index is -3.49. The molecule has 39 heavy (non-hydrogen) atoms. The zero-order valence-corrected chi connectivity index (χ0v) is 25.5. The van der Waals surface area contributed by atoms with E-state index in [4.69, 9.17) is 4.98 Å². The molecule has 1 heterocycles. The number of carbonyl (C=O) groups excluding carboxylic acids is 1. The van der Waals surface area contributed by atoms with Gasteiger partial charge in [-0.3, -0.25) is 4.79 Å². The highest BCUT2D eigenvalue weighted by Gasteiger charge is 2.54. The molecule has 0 spiro atoms. The molecule has 2 aliphatic carbocycles. The Hall–Kier alpha value is -1.88. The van der Waals surface area contributed by atoms with Crippen LogP contribution in [-0.4, -0.2) is 74.6 Å². The molecule has 0 saturated heterocycles. The van der Waals surface area contributed by atoms with E-state index in [0.717, 1.165) is 36.4 Å². The van der Waals surface area contributed by atoms with E-state index < -0.39 is 21.8 Å². The number of amides is 1. The number of halogens is 1. The van der Waals surface area contributed by atoms with Gasteiger partial charge in [0.2, 0.25) is 5.91 Å².